The van der Waals surface area contributed by atoms with Crippen molar-refractivity contribution in [3.8, 4) is 0 Å². The van der Waals surface area contributed by atoms with Crippen LogP contribution in [0.1, 0.15) is 25.7 Å². The molecule has 0 bridgehead atoms. The molecule has 0 heterocycles. The summed E-state index contributed by atoms with van der Waals surface area (Å²) in [7, 11) is -2.32. The first-order valence-corrected chi connectivity index (χ1v) is 8.28. The summed E-state index contributed by atoms with van der Waals surface area (Å²) in [5.74, 6) is -0.300. The van der Waals surface area contributed by atoms with Crippen molar-refractivity contribution in [1.29, 1.82) is 0 Å². The predicted molar refractivity (Wildman–Crippen MR) is 77.0 cm³/mol. The third-order valence-corrected chi connectivity index (χ3v) is 5.61. The molecule has 1 fully saturated rings. The van der Waals surface area contributed by atoms with Crippen LogP contribution in [0.4, 0.5) is 0 Å². The molecule has 1 saturated carbocycles. The molecule has 2 rings (SSSR count). The molecule has 1 aliphatic carbocycles. The number of hydrogen-bond donors (Lipinski definition) is 2. The van der Waals surface area contributed by atoms with E-state index in [0.717, 1.165) is 12.8 Å². The van der Waals surface area contributed by atoms with Crippen molar-refractivity contribution >= 4 is 27.5 Å². The molecule has 0 unspecified atom stereocenters. The lowest BCUT2D eigenvalue weighted by Crippen LogP contribution is -2.56. The quantitative estimate of drug-likeness (QED) is 0.887. The lowest BCUT2D eigenvalue weighted by molar-refractivity contribution is -0.126. The van der Waals surface area contributed by atoms with E-state index in [9.17, 15) is 13.2 Å². The van der Waals surface area contributed by atoms with Gasteiger partial charge in [0.05, 0.1) is 5.02 Å². The van der Waals surface area contributed by atoms with Crippen LogP contribution in [0, 0.1) is 0 Å². The summed E-state index contributed by atoms with van der Waals surface area (Å²) in [4.78, 5) is 12.1. The Morgan fingerprint density at radius 1 is 1.25 bits per heavy atom. The van der Waals surface area contributed by atoms with E-state index in [0.29, 0.717) is 12.8 Å². The SMILES string of the molecule is CNC(=O)C1(NS(=O)(=O)c2ccccc2Cl)CCCC1. The highest BCUT2D eigenvalue weighted by atomic mass is 35.5. The normalized spacial score (nSPS) is 17.9. The van der Waals surface area contributed by atoms with Gasteiger partial charge >= 0.3 is 0 Å². The van der Waals surface area contributed by atoms with E-state index >= 15 is 0 Å². The van der Waals surface area contributed by atoms with Gasteiger partial charge in [-0.15, -0.1) is 0 Å². The van der Waals surface area contributed by atoms with Crippen molar-refractivity contribution in [3.63, 3.8) is 0 Å². The molecule has 0 saturated heterocycles. The van der Waals surface area contributed by atoms with Crippen LogP contribution in [0.25, 0.3) is 0 Å². The molecule has 1 aliphatic rings. The first-order valence-electron chi connectivity index (χ1n) is 6.42. The second kappa shape index (κ2) is 5.71. The van der Waals surface area contributed by atoms with Gasteiger partial charge in [-0.05, 0) is 25.0 Å². The van der Waals surface area contributed by atoms with Crippen LogP contribution in [0.5, 0.6) is 0 Å². The fourth-order valence-corrected chi connectivity index (χ4v) is 4.51. The van der Waals surface area contributed by atoms with Gasteiger partial charge in [0.25, 0.3) is 0 Å². The maximum atomic E-state index is 12.5. The van der Waals surface area contributed by atoms with Gasteiger partial charge in [-0.25, -0.2) is 8.42 Å². The number of halogens is 1. The molecule has 5 nitrogen and oxygen atoms in total. The lowest BCUT2D eigenvalue weighted by atomic mass is 9.98. The number of rotatable bonds is 4. The summed E-state index contributed by atoms with van der Waals surface area (Å²) in [6.07, 6.45) is 2.63. The first kappa shape index (κ1) is 15.3. The van der Waals surface area contributed by atoms with Crippen LogP contribution in [-0.2, 0) is 14.8 Å². The van der Waals surface area contributed by atoms with Gasteiger partial charge in [-0.3, -0.25) is 4.79 Å². The lowest BCUT2D eigenvalue weighted by Gasteiger charge is -2.28. The smallest absolute Gasteiger partial charge is 0.243 e. The van der Waals surface area contributed by atoms with Crippen molar-refractivity contribution in [2.24, 2.45) is 0 Å². The molecule has 1 aromatic carbocycles. The number of likely N-dealkylation sites (N-methyl/N-ethyl adjacent to an activating group) is 1. The maximum absolute atomic E-state index is 12.5. The summed E-state index contributed by atoms with van der Waals surface area (Å²) >= 11 is 5.93. The average Bonchev–Trinajstić information content (AvgIpc) is 2.87. The second-order valence-electron chi connectivity index (χ2n) is 4.90. The van der Waals surface area contributed by atoms with Crippen molar-refractivity contribution in [2.75, 3.05) is 7.05 Å². The van der Waals surface area contributed by atoms with Gasteiger partial charge in [0.15, 0.2) is 0 Å². The molecular formula is C13H17ClN2O3S. The third-order valence-electron chi connectivity index (χ3n) is 3.57. The van der Waals surface area contributed by atoms with E-state index < -0.39 is 15.6 Å². The summed E-state index contributed by atoms with van der Waals surface area (Å²) in [6, 6.07) is 6.20. The Kier molecular flexibility index (Phi) is 4.36. The van der Waals surface area contributed by atoms with Crippen molar-refractivity contribution in [3.05, 3.63) is 29.3 Å². The van der Waals surface area contributed by atoms with Gasteiger partial charge in [0.1, 0.15) is 10.4 Å². The number of amides is 1. The van der Waals surface area contributed by atoms with E-state index in [-0.39, 0.29) is 15.8 Å². The Morgan fingerprint density at radius 2 is 1.85 bits per heavy atom. The summed E-state index contributed by atoms with van der Waals surface area (Å²) in [5.41, 5.74) is -1.06. The van der Waals surface area contributed by atoms with Crippen LogP contribution in [-0.4, -0.2) is 26.9 Å². The Hall–Kier alpha value is -1.11. The van der Waals surface area contributed by atoms with Crippen molar-refractivity contribution in [1.82, 2.24) is 10.0 Å². The van der Waals surface area contributed by atoms with E-state index in [1.54, 1.807) is 12.1 Å². The molecule has 0 aliphatic heterocycles. The minimum absolute atomic E-state index is 0.00292. The standard InChI is InChI=1S/C13H17ClN2O3S/c1-15-12(17)13(8-4-5-9-13)16-20(18,19)11-7-3-2-6-10(11)14/h2-3,6-7,16H,4-5,8-9H2,1H3,(H,15,17). The minimum Gasteiger partial charge on any atom is -0.358 e. The number of sulfonamides is 1. The largest absolute Gasteiger partial charge is 0.358 e. The zero-order valence-corrected chi connectivity index (χ0v) is 12.7. The Morgan fingerprint density at radius 3 is 2.40 bits per heavy atom. The van der Waals surface area contributed by atoms with Crippen LogP contribution in [0.2, 0.25) is 5.02 Å². The van der Waals surface area contributed by atoms with Gasteiger partial charge < -0.3 is 5.32 Å². The second-order valence-corrected chi connectivity index (χ2v) is 6.96. The Bertz CT molecular complexity index is 610. The van der Waals surface area contributed by atoms with Gasteiger partial charge in [-0.2, -0.15) is 4.72 Å². The van der Waals surface area contributed by atoms with Crippen LogP contribution >= 0.6 is 11.6 Å². The summed E-state index contributed by atoms with van der Waals surface area (Å²) in [6.45, 7) is 0. The molecule has 2 N–H and O–H groups in total. The van der Waals surface area contributed by atoms with E-state index in [1.165, 1.54) is 19.2 Å². The summed E-state index contributed by atoms with van der Waals surface area (Å²) in [5, 5.41) is 2.68. The fourth-order valence-electron chi connectivity index (χ4n) is 2.57. The third kappa shape index (κ3) is 2.82. The molecule has 110 valence electrons. The molecule has 1 aromatic rings. The fraction of sp³-hybridized carbons (Fsp3) is 0.462. The minimum atomic E-state index is -3.83. The predicted octanol–water partition coefficient (Wildman–Crippen LogP) is 1.68. The maximum Gasteiger partial charge on any atom is 0.243 e. The molecule has 0 spiro atoms. The van der Waals surface area contributed by atoms with Gasteiger partial charge in [-0.1, -0.05) is 36.6 Å². The molecule has 20 heavy (non-hydrogen) atoms. The van der Waals surface area contributed by atoms with Crippen LogP contribution < -0.4 is 10.0 Å². The van der Waals surface area contributed by atoms with Crippen LogP contribution in [0.3, 0.4) is 0 Å². The van der Waals surface area contributed by atoms with E-state index in [4.69, 9.17) is 11.6 Å². The number of hydrogen-bond acceptors (Lipinski definition) is 3. The van der Waals surface area contributed by atoms with E-state index in [2.05, 4.69) is 10.0 Å². The van der Waals surface area contributed by atoms with E-state index in [1.807, 2.05) is 0 Å². The highest BCUT2D eigenvalue weighted by molar-refractivity contribution is 7.89. The zero-order chi connectivity index (χ0) is 14.8. The topological polar surface area (TPSA) is 75.3 Å². The molecule has 0 aromatic heterocycles. The van der Waals surface area contributed by atoms with Crippen LogP contribution in [0.15, 0.2) is 29.2 Å². The molecule has 0 radical (unpaired) electrons. The Balaban J connectivity index is 2.36. The van der Waals surface area contributed by atoms with Crippen molar-refractivity contribution in [2.45, 2.75) is 36.1 Å². The number of benzene rings is 1. The van der Waals surface area contributed by atoms with Gasteiger partial charge in [0.2, 0.25) is 15.9 Å². The molecular weight excluding hydrogens is 300 g/mol. The average molecular weight is 317 g/mol. The number of carbonyl (C=O) groups excluding carboxylic acids is 1. The molecule has 0 atom stereocenters. The Labute approximate surface area is 123 Å². The van der Waals surface area contributed by atoms with Crippen molar-refractivity contribution < 1.29 is 13.2 Å². The molecule has 1 amide bonds. The summed E-state index contributed by atoms with van der Waals surface area (Å²) < 4.78 is 27.5. The monoisotopic (exact) mass is 316 g/mol. The number of nitrogens with one attached hydrogen (secondary N) is 2. The highest BCUT2D eigenvalue weighted by Gasteiger charge is 2.44. The number of carbonyl (C=O) groups is 1. The first-order chi connectivity index (χ1) is 9.41. The van der Waals surface area contributed by atoms with Gasteiger partial charge in [0, 0.05) is 7.05 Å². The zero-order valence-electron chi connectivity index (χ0n) is 11.1. The molecule has 7 heteroatoms. The highest BCUT2D eigenvalue weighted by Crippen LogP contribution is 2.32.